The van der Waals surface area contributed by atoms with Gasteiger partial charge >= 0.3 is 5.97 Å². The highest BCUT2D eigenvalue weighted by Crippen LogP contribution is 2.18. The SMILES string of the molecule is Nc1cc(Cl)ccc1C(=O)OCCO. The summed E-state index contributed by atoms with van der Waals surface area (Å²) in [6, 6.07) is 4.50. The summed E-state index contributed by atoms with van der Waals surface area (Å²) in [5.74, 6) is -0.562. The third kappa shape index (κ3) is 2.61. The van der Waals surface area contributed by atoms with Crippen molar-refractivity contribution in [1.82, 2.24) is 0 Å². The topological polar surface area (TPSA) is 72.6 Å². The number of carbonyl (C=O) groups is 1. The molecule has 0 bridgehead atoms. The second-order valence-electron chi connectivity index (χ2n) is 2.59. The molecule has 1 aromatic carbocycles. The van der Waals surface area contributed by atoms with Crippen LogP contribution in [0, 0.1) is 0 Å². The third-order valence-corrected chi connectivity index (χ3v) is 1.79. The number of nitrogens with two attached hydrogens (primary N) is 1. The monoisotopic (exact) mass is 215 g/mol. The average molecular weight is 216 g/mol. The minimum atomic E-state index is -0.562. The van der Waals surface area contributed by atoms with Crippen LogP contribution in [0.15, 0.2) is 18.2 Å². The quantitative estimate of drug-likeness (QED) is 0.585. The first-order valence-corrected chi connectivity index (χ1v) is 4.36. The van der Waals surface area contributed by atoms with E-state index in [2.05, 4.69) is 4.74 Å². The molecule has 76 valence electrons. The van der Waals surface area contributed by atoms with E-state index in [1.54, 1.807) is 6.07 Å². The van der Waals surface area contributed by atoms with Gasteiger partial charge in [0, 0.05) is 10.7 Å². The van der Waals surface area contributed by atoms with Gasteiger partial charge in [0.05, 0.1) is 12.2 Å². The third-order valence-electron chi connectivity index (χ3n) is 1.56. The molecule has 1 rings (SSSR count). The first-order chi connectivity index (χ1) is 6.65. The van der Waals surface area contributed by atoms with Crippen LogP contribution in [-0.4, -0.2) is 24.3 Å². The fourth-order valence-corrected chi connectivity index (χ4v) is 1.12. The molecular weight excluding hydrogens is 206 g/mol. The summed E-state index contributed by atoms with van der Waals surface area (Å²) in [5.41, 5.74) is 6.06. The van der Waals surface area contributed by atoms with Crippen LogP contribution in [0.1, 0.15) is 10.4 Å². The largest absolute Gasteiger partial charge is 0.460 e. The fourth-order valence-electron chi connectivity index (χ4n) is 0.936. The second-order valence-corrected chi connectivity index (χ2v) is 3.03. The molecule has 0 fully saturated rings. The van der Waals surface area contributed by atoms with Crippen molar-refractivity contribution in [2.45, 2.75) is 0 Å². The second kappa shape index (κ2) is 4.83. The average Bonchev–Trinajstić information content (AvgIpc) is 2.14. The lowest BCUT2D eigenvalue weighted by Gasteiger charge is -2.05. The Morgan fingerprint density at radius 3 is 2.86 bits per heavy atom. The predicted molar refractivity (Wildman–Crippen MR) is 53.2 cm³/mol. The molecule has 1 aromatic rings. The Hall–Kier alpha value is -1.26. The molecule has 0 unspecified atom stereocenters. The molecule has 0 heterocycles. The molecule has 0 saturated carbocycles. The van der Waals surface area contributed by atoms with Crippen LogP contribution >= 0.6 is 11.6 Å². The molecule has 0 radical (unpaired) electrons. The minimum Gasteiger partial charge on any atom is -0.460 e. The molecule has 0 spiro atoms. The molecule has 0 aliphatic carbocycles. The van der Waals surface area contributed by atoms with Crippen LogP contribution in [-0.2, 0) is 4.74 Å². The smallest absolute Gasteiger partial charge is 0.340 e. The maximum atomic E-state index is 11.3. The standard InChI is InChI=1S/C9H10ClNO3/c10-6-1-2-7(8(11)5-6)9(13)14-4-3-12/h1-2,5,12H,3-4,11H2. The number of aliphatic hydroxyl groups is 1. The molecule has 4 nitrogen and oxygen atoms in total. The van der Waals surface area contributed by atoms with Crippen LogP contribution in [0.2, 0.25) is 5.02 Å². The Balaban J connectivity index is 2.80. The van der Waals surface area contributed by atoms with Crippen molar-refractivity contribution in [3.63, 3.8) is 0 Å². The van der Waals surface area contributed by atoms with Crippen molar-refractivity contribution in [3.8, 4) is 0 Å². The summed E-state index contributed by atoms with van der Waals surface area (Å²) in [6.45, 7) is -0.250. The van der Waals surface area contributed by atoms with Crippen molar-refractivity contribution < 1.29 is 14.6 Å². The number of hydrogen-bond donors (Lipinski definition) is 2. The van der Waals surface area contributed by atoms with E-state index in [0.29, 0.717) is 5.02 Å². The molecule has 5 heteroatoms. The fraction of sp³-hybridized carbons (Fsp3) is 0.222. The summed E-state index contributed by atoms with van der Waals surface area (Å²) in [7, 11) is 0. The van der Waals surface area contributed by atoms with Gasteiger partial charge in [-0.2, -0.15) is 0 Å². The van der Waals surface area contributed by atoms with Crippen molar-refractivity contribution in [3.05, 3.63) is 28.8 Å². The van der Waals surface area contributed by atoms with E-state index in [0.717, 1.165) is 0 Å². The molecule has 3 N–H and O–H groups in total. The molecule has 14 heavy (non-hydrogen) atoms. The van der Waals surface area contributed by atoms with E-state index in [9.17, 15) is 4.79 Å². The van der Waals surface area contributed by atoms with Crippen LogP contribution < -0.4 is 5.73 Å². The lowest BCUT2D eigenvalue weighted by atomic mass is 10.2. The number of rotatable bonds is 3. The van der Waals surface area contributed by atoms with E-state index in [1.165, 1.54) is 12.1 Å². The molecule has 0 aliphatic heterocycles. The maximum Gasteiger partial charge on any atom is 0.340 e. The predicted octanol–water partition coefficient (Wildman–Crippen LogP) is 1.07. The van der Waals surface area contributed by atoms with Gasteiger partial charge in [-0.15, -0.1) is 0 Å². The van der Waals surface area contributed by atoms with E-state index >= 15 is 0 Å². The number of benzene rings is 1. The highest BCUT2D eigenvalue weighted by Gasteiger charge is 2.10. The van der Waals surface area contributed by atoms with Gasteiger partial charge in [-0.3, -0.25) is 0 Å². The number of carbonyl (C=O) groups excluding carboxylic acids is 1. The molecule has 0 atom stereocenters. The number of ether oxygens (including phenoxy) is 1. The van der Waals surface area contributed by atoms with Gasteiger partial charge in [0.1, 0.15) is 6.61 Å². The lowest BCUT2D eigenvalue weighted by Crippen LogP contribution is -2.10. The highest BCUT2D eigenvalue weighted by molar-refractivity contribution is 6.31. The zero-order valence-corrected chi connectivity index (χ0v) is 8.12. The number of anilines is 1. The van der Waals surface area contributed by atoms with Gasteiger partial charge in [0.25, 0.3) is 0 Å². The minimum absolute atomic E-state index is 0.0408. The van der Waals surface area contributed by atoms with Crippen LogP contribution in [0.4, 0.5) is 5.69 Å². The van der Waals surface area contributed by atoms with Crippen LogP contribution in [0.25, 0.3) is 0 Å². The van der Waals surface area contributed by atoms with Gasteiger partial charge in [0.15, 0.2) is 0 Å². The van der Waals surface area contributed by atoms with Crippen molar-refractivity contribution >= 4 is 23.3 Å². The molecule has 0 saturated heterocycles. The Kier molecular flexibility index (Phi) is 3.73. The van der Waals surface area contributed by atoms with Gasteiger partial charge in [-0.25, -0.2) is 4.79 Å². The molecular formula is C9H10ClNO3. The highest BCUT2D eigenvalue weighted by atomic mass is 35.5. The van der Waals surface area contributed by atoms with Gasteiger partial charge < -0.3 is 15.6 Å². The van der Waals surface area contributed by atoms with Crippen molar-refractivity contribution in [2.75, 3.05) is 18.9 Å². The number of nitrogen functional groups attached to an aromatic ring is 1. The van der Waals surface area contributed by atoms with E-state index in [1.807, 2.05) is 0 Å². The molecule has 0 aliphatic rings. The number of aliphatic hydroxyl groups excluding tert-OH is 1. The first-order valence-electron chi connectivity index (χ1n) is 3.98. The van der Waals surface area contributed by atoms with Crippen LogP contribution in [0.5, 0.6) is 0 Å². The van der Waals surface area contributed by atoms with Crippen molar-refractivity contribution in [1.29, 1.82) is 0 Å². The Bertz CT molecular complexity index is 341. The number of halogens is 1. The zero-order chi connectivity index (χ0) is 10.6. The van der Waals surface area contributed by atoms with Gasteiger partial charge in [0.2, 0.25) is 0 Å². The normalized spacial score (nSPS) is 9.86. The van der Waals surface area contributed by atoms with Crippen molar-refractivity contribution in [2.24, 2.45) is 0 Å². The number of esters is 1. The summed E-state index contributed by atoms with van der Waals surface area (Å²) in [5, 5.41) is 8.91. The van der Waals surface area contributed by atoms with E-state index in [-0.39, 0.29) is 24.5 Å². The zero-order valence-electron chi connectivity index (χ0n) is 7.37. The van der Waals surface area contributed by atoms with Gasteiger partial charge in [-0.05, 0) is 18.2 Å². The molecule has 0 amide bonds. The molecule has 0 aromatic heterocycles. The van der Waals surface area contributed by atoms with E-state index in [4.69, 9.17) is 22.4 Å². The Morgan fingerprint density at radius 1 is 1.57 bits per heavy atom. The van der Waals surface area contributed by atoms with Gasteiger partial charge in [-0.1, -0.05) is 11.6 Å². The Labute approximate surface area is 86.2 Å². The lowest BCUT2D eigenvalue weighted by molar-refractivity contribution is 0.0435. The van der Waals surface area contributed by atoms with E-state index < -0.39 is 5.97 Å². The summed E-state index contributed by atoms with van der Waals surface area (Å²) >= 11 is 5.65. The van der Waals surface area contributed by atoms with Crippen LogP contribution in [0.3, 0.4) is 0 Å². The summed E-state index contributed by atoms with van der Waals surface area (Å²) in [4.78, 5) is 11.3. The summed E-state index contributed by atoms with van der Waals surface area (Å²) in [6.07, 6.45) is 0. The maximum absolute atomic E-state index is 11.3. The Morgan fingerprint density at radius 2 is 2.29 bits per heavy atom. The summed E-state index contributed by atoms with van der Waals surface area (Å²) < 4.78 is 4.69. The first kappa shape index (κ1) is 10.8. The number of hydrogen-bond acceptors (Lipinski definition) is 4.